The lowest BCUT2D eigenvalue weighted by Gasteiger charge is -2.29. The van der Waals surface area contributed by atoms with E-state index in [-0.39, 0.29) is 18.6 Å². The SMILES string of the molecule is Cc1cc(Cl)ccc1OCC(=O)NC1CC[NH+](Cc2ccc(Cl)cc2)CC1. The maximum absolute atomic E-state index is 12.2. The molecule has 1 amide bonds. The highest BCUT2D eigenvalue weighted by Gasteiger charge is 2.23. The first-order valence-electron chi connectivity index (χ1n) is 9.26. The molecule has 3 rings (SSSR count). The maximum atomic E-state index is 12.2. The average Bonchev–Trinajstić information content (AvgIpc) is 2.64. The lowest BCUT2D eigenvalue weighted by atomic mass is 10.0. The highest BCUT2D eigenvalue weighted by molar-refractivity contribution is 6.30. The van der Waals surface area contributed by atoms with Gasteiger partial charge in [-0.15, -0.1) is 0 Å². The summed E-state index contributed by atoms with van der Waals surface area (Å²) in [5.41, 5.74) is 2.22. The molecule has 27 heavy (non-hydrogen) atoms. The molecular weight excluding hydrogens is 383 g/mol. The summed E-state index contributed by atoms with van der Waals surface area (Å²) in [5.74, 6) is 0.618. The predicted octanol–water partition coefficient (Wildman–Crippen LogP) is 3.04. The second-order valence-electron chi connectivity index (χ2n) is 7.09. The molecule has 0 aliphatic carbocycles. The van der Waals surface area contributed by atoms with Crippen LogP contribution in [0.15, 0.2) is 42.5 Å². The van der Waals surface area contributed by atoms with Gasteiger partial charge in [0.25, 0.3) is 5.91 Å². The number of amides is 1. The summed E-state index contributed by atoms with van der Waals surface area (Å²) < 4.78 is 5.62. The molecule has 144 valence electrons. The molecule has 0 spiro atoms. The number of likely N-dealkylation sites (tertiary alicyclic amines) is 1. The lowest BCUT2D eigenvalue weighted by Crippen LogP contribution is -3.12. The molecule has 0 radical (unpaired) electrons. The standard InChI is InChI=1S/C21H24Cl2N2O2/c1-15-12-18(23)6-7-20(15)27-14-21(26)24-19-8-10-25(11-9-19)13-16-2-4-17(22)5-3-16/h2-7,12,19H,8-11,13-14H2,1H3,(H,24,26)/p+1. The van der Waals surface area contributed by atoms with E-state index >= 15 is 0 Å². The Kier molecular flexibility index (Phi) is 7.00. The number of carbonyl (C=O) groups excluding carboxylic acids is 1. The summed E-state index contributed by atoms with van der Waals surface area (Å²) in [4.78, 5) is 13.7. The summed E-state index contributed by atoms with van der Waals surface area (Å²) >= 11 is 11.9. The molecule has 0 saturated carbocycles. The van der Waals surface area contributed by atoms with Gasteiger partial charge in [0, 0.05) is 34.5 Å². The molecule has 1 aliphatic heterocycles. The summed E-state index contributed by atoms with van der Waals surface area (Å²) in [5, 5.41) is 4.52. The lowest BCUT2D eigenvalue weighted by molar-refractivity contribution is -0.918. The Bertz CT molecular complexity index is 772. The second kappa shape index (κ2) is 9.45. The van der Waals surface area contributed by atoms with Crippen LogP contribution in [-0.2, 0) is 11.3 Å². The third-order valence-corrected chi connectivity index (χ3v) is 5.41. The smallest absolute Gasteiger partial charge is 0.258 e. The zero-order valence-corrected chi connectivity index (χ0v) is 16.9. The third-order valence-electron chi connectivity index (χ3n) is 4.92. The van der Waals surface area contributed by atoms with Crippen molar-refractivity contribution in [3.63, 3.8) is 0 Å². The minimum atomic E-state index is -0.0736. The Morgan fingerprint density at radius 1 is 1.11 bits per heavy atom. The molecule has 1 heterocycles. The summed E-state index contributed by atoms with van der Waals surface area (Å²) in [7, 11) is 0. The van der Waals surface area contributed by atoms with Crippen LogP contribution in [0.5, 0.6) is 5.75 Å². The van der Waals surface area contributed by atoms with Gasteiger partial charge in [-0.05, 0) is 42.8 Å². The van der Waals surface area contributed by atoms with Crippen molar-refractivity contribution in [1.29, 1.82) is 0 Å². The van der Waals surface area contributed by atoms with Gasteiger partial charge in [0.15, 0.2) is 6.61 Å². The number of piperidine rings is 1. The third kappa shape index (κ3) is 6.13. The van der Waals surface area contributed by atoms with Crippen LogP contribution in [0.1, 0.15) is 24.0 Å². The molecule has 2 aromatic rings. The fourth-order valence-corrected chi connectivity index (χ4v) is 3.78. The molecule has 4 nitrogen and oxygen atoms in total. The fraction of sp³-hybridized carbons (Fsp3) is 0.381. The van der Waals surface area contributed by atoms with Crippen molar-refractivity contribution in [2.45, 2.75) is 32.4 Å². The quantitative estimate of drug-likeness (QED) is 0.772. The van der Waals surface area contributed by atoms with Crippen molar-refractivity contribution in [2.24, 2.45) is 0 Å². The summed E-state index contributed by atoms with van der Waals surface area (Å²) in [6.07, 6.45) is 1.96. The van der Waals surface area contributed by atoms with Crippen molar-refractivity contribution in [2.75, 3.05) is 19.7 Å². The van der Waals surface area contributed by atoms with Crippen LogP contribution in [0, 0.1) is 6.92 Å². The predicted molar refractivity (Wildman–Crippen MR) is 109 cm³/mol. The van der Waals surface area contributed by atoms with Crippen molar-refractivity contribution in [3.05, 3.63) is 63.6 Å². The first-order valence-corrected chi connectivity index (χ1v) is 10.0. The van der Waals surface area contributed by atoms with Crippen LogP contribution >= 0.6 is 23.2 Å². The first kappa shape index (κ1) is 20.0. The van der Waals surface area contributed by atoms with Gasteiger partial charge in [-0.2, -0.15) is 0 Å². The number of ether oxygens (including phenoxy) is 1. The second-order valence-corrected chi connectivity index (χ2v) is 7.97. The van der Waals surface area contributed by atoms with Crippen LogP contribution in [-0.4, -0.2) is 31.6 Å². The van der Waals surface area contributed by atoms with Gasteiger partial charge in [0.2, 0.25) is 0 Å². The summed E-state index contributed by atoms with van der Waals surface area (Å²) in [6, 6.07) is 13.6. The van der Waals surface area contributed by atoms with Crippen LogP contribution in [0.2, 0.25) is 10.0 Å². The Labute approximate surface area is 170 Å². The van der Waals surface area contributed by atoms with E-state index in [1.807, 2.05) is 25.1 Å². The van der Waals surface area contributed by atoms with Crippen LogP contribution in [0.3, 0.4) is 0 Å². The number of benzene rings is 2. The van der Waals surface area contributed by atoms with E-state index in [0.717, 1.165) is 43.1 Å². The van der Waals surface area contributed by atoms with Gasteiger partial charge in [-0.25, -0.2) is 0 Å². The fourth-order valence-electron chi connectivity index (χ4n) is 3.43. The van der Waals surface area contributed by atoms with Gasteiger partial charge in [-0.1, -0.05) is 35.3 Å². The number of hydrogen-bond acceptors (Lipinski definition) is 2. The molecule has 1 saturated heterocycles. The molecule has 0 unspecified atom stereocenters. The topological polar surface area (TPSA) is 42.8 Å². The number of rotatable bonds is 6. The van der Waals surface area contributed by atoms with Crippen molar-refractivity contribution in [1.82, 2.24) is 5.32 Å². The highest BCUT2D eigenvalue weighted by Crippen LogP contribution is 2.21. The molecular formula is C21H25Cl2N2O2+. The van der Waals surface area contributed by atoms with Crippen LogP contribution in [0.25, 0.3) is 0 Å². The Morgan fingerprint density at radius 2 is 1.78 bits per heavy atom. The van der Waals surface area contributed by atoms with Gasteiger partial charge >= 0.3 is 0 Å². The number of hydrogen-bond donors (Lipinski definition) is 2. The number of aryl methyl sites for hydroxylation is 1. The molecule has 0 aromatic heterocycles. The van der Waals surface area contributed by atoms with Gasteiger partial charge in [-0.3, -0.25) is 4.79 Å². The van der Waals surface area contributed by atoms with E-state index in [1.54, 1.807) is 12.1 Å². The molecule has 1 fully saturated rings. The van der Waals surface area contributed by atoms with E-state index in [0.29, 0.717) is 10.8 Å². The maximum Gasteiger partial charge on any atom is 0.258 e. The number of nitrogens with one attached hydrogen (secondary N) is 2. The Hall–Kier alpha value is -1.75. The van der Waals surface area contributed by atoms with E-state index in [4.69, 9.17) is 27.9 Å². The van der Waals surface area contributed by atoms with E-state index in [1.165, 1.54) is 10.5 Å². The highest BCUT2D eigenvalue weighted by atomic mass is 35.5. The molecule has 6 heteroatoms. The minimum Gasteiger partial charge on any atom is -0.484 e. The average molecular weight is 408 g/mol. The molecule has 1 aliphatic rings. The molecule has 0 bridgehead atoms. The van der Waals surface area contributed by atoms with Gasteiger partial charge in [0.1, 0.15) is 12.3 Å². The van der Waals surface area contributed by atoms with Gasteiger partial charge in [0.05, 0.1) is 13.1 Å². The molecule has 2 N–H and O–H groups in total. The van der Waals surface area contributed by atoms with E-state index in [2.05, 4.69) is 17.4 Å². The Morgan fingerprint density at radius 3 is 2.44 bits per heavy atom. The largest absolute Gasteiger partial charge is 0.484 e. The molecule has 2 aromatic carbocycles. The van der Waals surface area contributed by atoms with E-state index in [9.17, 15) is 4.79 Å². The molecule has 0 atom stereocenters. The first-order chi connectivity index (χ1) is 13.0. The van der Waals surface area contributed by atoms with Crippen molar-refractivity contribution >= 4 is 29.1 Å². The summed E-state index contributed by atoms with van der Waals surface area (Å²) in [6.45, 7) is 5.03. The van der Waals surface area contributed by atoms with Crippen molar-refractivity contribution in [3.8, 4) is 5.75 Å². The normalized spacial score (nSPS) is 19.5. The number of carbonyl (C=O) groups is 1. The van der Waals surface area contributed by atoms with Gasteiger partial charge < -0.3 is 15.0 Å². The zero-order valence-electron chi connectivity index (χ0n) is 15.4. The monoisotopic (exact) mass is 407 g/mol. The van der Waals surface area contributed by atoms with Crippen LogP contribution in [0.4, 0.5) is 0 Å². The zero-order chi connectivity index (χ0) is 19.2. The van der Waals surface area contributed by atoms with Crippen LogP contribution < -0.4 is 15.0 Å². The van der Waals surface area contributed by atoms with E-state index < -0.39 is 0 Å². The Balaban J connectivity index is 1.39. The number of halogens is 2. The number of quaternary nitrogens is 1. The minimum absolute atomic E-state index is 0.0281. The van der Waals surface area contributed by atoms with Crippen molar-refractivity contribution < 1.29 is 14.4 Å².